The first-order valence-corrected chi connectivity index (χ1v) is 7.35. The van der Waals surface area contributed by atoms with Gasteiger partial charge < -0.3 is 15.1 Å². The molecule has 3 heteroatoms. The molecule has 0 aromatic carbocycles. The fourth-order valence-electron chi connectivity index (χ4n) is 3.30. The van der Waals surface area contributed by atoms with Crippen molar-refractivity contribution in [3.63, 3.8) is 0 Å². The van der Waals surface area contributed by atoms with Gasteiger partial charge in [0.05, 0.1) is 0 Å². The summed E-state index contributed by atoms with van der Waals surface area (Å²) in [4.78, 5) is 5.01. The van der Waals surface area contributed by atoms with Gasteiger partial charge in [-0.1, -0.05) is 6.42 Å². The summed E-state index contributed by atoms with van der Waals surface area (Å²) in [7, 11) is 4.53. The fraction of sp³-hybridized carbons (Fsp3) is 1.00. The summed E-state index contributed by atoms with van der Waals surface area (Å²) in [6.45, 7) is 6.28. The molecule has 2 saturated heterocycles. The Kier molecular flexibility index (Phi) is 5.26. The normalized spacial score (nSPS) is 32.8. The lowest BCUT2D eigenvalue weighted by Gasteiger charge is -2.34. The standard InChI is InChI=1S/C14H29N3/c1-16-8-5-6-13(12-16)10-15-11-14-7-3-4-9-17(14)2/h13-15H,3-12H2,1-2H3. The maximum absolute atomic E-state index is 3.71. The van der Waals surface area contributed by atoms with Crippen LogP contribution in [0.5, 0.6) is 0 Å². The molecule has 2 unspecified atom stereocenters. The Hall–Kier alpha value is -0.120. The van der Waals surface area contributed by atoms with Gasteiger partial charge in [0.25, 0.3) is 0 Å². The van der Waals surface area contributed by atoms with Gasteiger partial charge in [0.1, 0.15) is 0 Å². The second-order valence-electron chi connectivity index (χ2n) is 6.06. The van der Waals surface area contributed by atoms with Crippen molar-refractivity contribution in [2.75, 3.05) is 46.8 Å². The molecule has 100 valence electrons. The highest BCUT2D eigenvalue weighted by atomic mass is 15.2. The molecular weight excluding hydrogens is 210 g/mol. The van der Waals surface area contributed by atoms with Crippen LogP contribution in [0.4, 0.5) is 0 Å². The molecule has 0 spiro atoms. The van der Waals surface area contributed by atoms with Gasteiger partial charge in [0.15, 0.2) is 0 Å². The number of hydrogen-bond donors (Lipinski definition) is 1. The van der Waals surface area contributed by atoms with Gasteiger partial charge >= 0.3 is 0 Å². The van der Waals surface area contributed by atoms with Gasteiger partial charge in [-0.15, -0.1) is 0 Å². The van der Waals surface area contributed by atoms with Gasteiger partial charge in [0.2, 0.25) is 0 Å². The van der Waals surface area contributed by atoms with Crippen LogP contribution < -0.4 is 5.32 Å². The zero-order valence-electron chi connectivity index (χ0n) is 11.6. The van der Waals surface area contributed by atoms with E-state index >= 15 is 0 Å². The average molecular weight is 239 g/mol. The van der Waals surface area contributed by atoms with Crippen molar-refractivity contribution in [3.8, 4) is 0 Å². The van der Waals surface area contributed by atoms with E-state index in [-0.39, 0.29) is 0 Å². The minimum Gasteiger partial charge on any atom is -0.315 e. The lowest BCUT2D eigenvalue weighted by atomic mass is 9.98. The third-order valence-corrected chi connectivity index (χ3v) is 4.46. The third-order valence-electron chi connectivity index (χ3n) is 4.46. The molecule has 3 nitrogen and oxygen atoms in total. The van der Waals surface area contributed by atoms with Crippen LogP contribution in [-0.4, -0.2) is 62.7 Å². The second kappa shape index (κ2) is 6.72. The smallest absolute Gasteiger partial charge is 0.0217 e. The average Bonchev–Trinajstić information content (AvgIpc) is 2.32. The zero-order valence-corrected chi connectivity index (χ0v) is 11.6. The van der Waals surface area contributed by atoms with Crippen molar-refractivity contribution in [1.29, 1.82) is 0 Å². The molecule has 0 aliphatic carbocycles. The van der Waals surface area contributed by atoms with E-state index in [0.717, 1.165) is 12.0 Å². The molecule has 2 rings (SSSR count). The predicted molar refractivity (Wildman–Crippen MR) is 73.4 cm³/mol. The molecule has 0 radical (unpaired) electrons. The summed E-state index contributed by atoms with van der Waals surface area (Å²) >= 11 is 0. The molecule has 2 aliphatic heterocycles. The van der Waals surface area contributed by atoms with E-state index in [0.29, 0.717) is 0 Å². The topological polar surface area (TPSA) is 18.5 Å². The second-order valence-corrected chi connectivity index (χ2v) is 6.06. The Labute approximate surface area is 107 Å². The van der Waals surface area contributed by atoms with Crippen LogP contribution in [0.1, 0.15) is 32.1 Å². The fourth-order valence-corrected chi connectivity index (χ4v) is 3.30. The Bertz CT molecular complexity index is 220. The molecular formula is C14H29N3. The van der Waals surface area contributed by atoms with Gasteiger partial charge in [-0.2, -0.15) is 0 Å². The van der Waals surface area contributed by atoms with E-state index in [1.54, 1.807) is 0 Å². The number of likely N-dealkylation sites (tertiary alicyclic amines) is 2. The van der Waals surface area contributed by atoms with Crippen molar-refractivity contribution in [2.45, 2.75) is 38.1 Å². The van der Waals surface area contributed by atoms with Crippen LogP contribution in [0.25, 0.3) is 0 Å². The molecule has 17 heavy (non-hydrogen) atoms. The number of piperidine rings is 2. The van der Waals surface area contributed by atoms with Crippen LogP contribution in [-0.2, 0) is 0 Å². The Morgan fingerprint density at radius 1 is 1.00 bits per heavy atom. The van der Waals surface area contributed by atoms with Crippen molar-refractivity contribution < 1.29 is 0 Å². The van der Waals surface area contributed by atoms with Gasteiger partial charge in [0, 0.05) is 19.1 Å². The molecule has 2 atom stereocenters. The van der Waals surface area contributed by atoms with Crippen molar-refractivity contribution in [2.24, 2.45) is 5.92 Å². The monoisotopic (exact) mass is 239 g/mol. The van der Waals surface area contributed by atoms with Crippen LogP contribution in [0.2, 0.25) is 0 Å². The van der Waals surface area contributed by atoms with E-state index < -0.39 is 0 Å². The van der Waals surface area contributed by atoms with Gasteiger partial charge in [-0.3, -0.25) is 0 Å². The molecule has 2 heterocycles. The summed E-state index contributed by atoms with van der Waals surface area (Å²) in [5, 5.41) is 3.71. The molecule has 2 fully saturated rings. The molecule has 2 aliphatic rings. The molecule has 1 N–H and O–H groups in total. The first-order valence-electron chi connectivity index (χ1n) is 7.35. The van der Waals surface area contributed by atoms with Gasteiger partial charge in [-0.05, 0) is 65.3 Å². The number of hydrogen-bond acceptors (Lipinski definition) is 3. The van der Waals surface area contributed by atoms with E-state index in [1.165, 1.54) is 64.8 Å². The number of rotatable bonds is 4. The summed E-state index contributed by atoms with van der Waals surface area (Å²) in [5.41, 5.74) is 0. The highest BCUT2D eigenvalue weighted by Gasteiger charge is 2.20. The summed E-state index contributed by atoms with van der Waals surface area (Å²) in [6, 6.07) is 0.782. The van der Waals surface area contributed by atoms with Crippen LogP contribution in [0.15, 0.2) is 0 Å². The van der Waals surface area contributed by atoms with Crippen molar-refractivity contribution in [1.82, 2.24) is 15.1 Å². The van der Waals surface area contributed by atoms with Crippen molar-refractivity contribution in [3.05, 3.63) is 0 Å². The van der Waals surface area contributed by atoms with Gasteiger partial charge in [-0.25, -0.2) is 0 Å². The molecule has 0 aromatic heterocycles. The Morgan fingerprint density at radius 3 is 2.65 bits per heavy atom. The lowest BCUT2D eigenvalue weighted by Crippen LogP contribution is -2.45. The highest BCUT2D eigenvalue weighted by molar-refractivity contribution is 4.78. The third kappa shape index (κ3) is 4.23. The predicted octanol–water partition coefficient (Wildman–Crippen LogP) is 1.40. The number of nitrogens with zero attached hydrogens (tertiary/aromatic N) is 2. The maximum atomic E-state index is 3.71. The van der Waals surface area contributed by atoms with Crippen LogP contribution in [0, 0.1) is 5.92 Å². The van der Waals surface area contributed by atoms with Crippen LogP contribution in [0.3, 0.4) is 0 Å². The summed E-state index contributed by atoms with van der Waals surface area (Å²) < 4.78 is 0. The molecule has 0 saturated carbocycles. The SMILES string of the molecule is CN1CCCC(CNCC2CCCCN2C)C1. The Balaban J connectivity index is 1.61. The molecule has 0 bridgehead atoms. The Morgan fingerprint density at radius 2 is 1.88 bits per heavy atom. The van der Waals surface area contributed by atoms with E-state index in [1.807, 2.05) is 0 Å². The largest absolute Gasteiger partial charge is 0.315 e. The minimum atomic E-state index is 0.782. The number of nitrogens with one attached hydrogen (secondary N) is 1. The highest BCUT2D eigenvalue weighted by Crippen LogP contribution is 2.16. The quantitative estimate of drug-likeness (QED) is 0.800. The molecule has 0 amide bonds. The van der Waals surface area contributed by atoms with E-state index in [4.69, 9.17) is 0 Å². The lowest BCUT2D eigenvalue weighted by molar-refractivity contribution is 0.170. The summed E-state index contributed by atoms with van der Waals surface area (Å²) in [6.07, 6.45) is 6.99. The first-order chi connectivity index (χ1) is 8.25. The molecule has 0 aromatic rings. The van der Waals surface area contributed by atoms with Crippen molar-refractivity contribution >= 4 is 0 Å². The van der Waals surface area contributed by atoms with E-state index in [2.05, 4.69) is 29.2 Å². The zero-order chi connectivity index (χ0) is 12.1. The first kappa shape index (κ1) is 13.3. The van der Waals surface area contributed by atoms with E-state index in [9.17, 15) is 0 Å². The maximum Gasteiger partial charge on any atom is 0.0217 e. The minimum absolute atomic E-state index is 0.782. The summed E-state index contributed by atoms with van der Waals surface area (Å²) in [5.74, 6) is 0.877. The number of likely N-dealkylation sites (N-methyl/N-ethyl adjacent to an activating group) is 1. The van der Waals surface area contributed by atoms with Crippen LogP contribution >= 0.6 is 0 Å².